The molecule has 0 atom stereocenters. The number of hydrogen-bond acceptors (Lipinski definition) is 4. The van der Waals surface area contributed by atoms with Crippen LogP contribution in [0, 0.1) is 0 Å². The van der Waals surface area contributed by atoms with E-state index in [1.165, 1.54) is 13.3 Å². The van der Waals surface area contributed by atoms with Crippen LogP contribution in [0.1, 0.15) is 59.8 Å². The van der Waals surface area contributed by atoms with Gasteiger partial charge in [-0.15, -0.1) is 5.11 Å². The van der Waals surface area contributed by atoms with E-state index in [1.807, 2.05) is 20.8 Å². The first-order valence-electron chi connectivity index (χ1n) is 5.97. The highest BCUT2D eigenvalue weighted by Crippen LogP contribution is 2.34. The van der Waals surface area contributed by atoms with Gasteiger partial charge >= 0.3 is 5.97 Å². The van der Waals surface area contributed by atoms with Crippen molar-refractivity contribution in [3.63, 3.8) is 0 Å². The van der Waals surface area contributed by atoms with Gasteiger partial charge in [-0.2, -0.15) is 5.11 Å². The van der Waals surface area contributed by atoms with Crippen molar-refractivity contribution in [3.05, 3.63) is 0 Å². The fourth-order valence-corrected chi connectivity index (χ4v) is 1.84. The summed E-state index contributed by atoms with van der Waals surface area (Å²) in [5.41, 5.74) is -0.901. The molecule has 0 heterocycles. The van der Waals surface area contributed by atoms with Crippen molar-refractivity contribution in [1.29, 1.82) is 0 Å². The molecular formula is C12H22N2O2. The van der Waals surface area contributed by atoms with Gasteiger partial charge in [-0.25, -0.2) is 0 Å². The summed E-state index contributed by atoms with van der Waals surface area (Å²) in [7, 11) is 0. The predicted molar refractivity (Wildman–Crippen MR) is 62.2 cm³/mol. The first-order valence-corrected chi connectivity index (χ1v) is 5.97. The van der Waals surface area contributed by atoms with Crippen molar-refractivity contribution in [2.24, 2.45) is 10.2 Å². The minimum absolute atomic E-state index is 0.218. The van der Waals surface area contributed by atoms with Crippen LogP contribution in [0.2, 0.25) is 0 Å². The Morgan fingerprint density at radius 2 is 1.75 bits per heavy atom. The highest BCUT2D eigenvalue weighted by molar-refractivity contribution is 5.66. The van der Waals surface area contributed by atoms with E-state index in [4.69, 9.17) is 4.74 Å². The summed E-state index contributed by atoms with van der Waals surface area (Å²) in [5.74, 6) is -0.269. The molecule has 1 aliphatic carbocycles. The van der Waals surface area contributed by atoms with Gasteiger partial charge in [0.2, 0.25) is 5.72 Å². The average Bonchev–Trinajstić information content (AvgIpc) is 2.14. The smallest absolute Gasteiger partial charge is 0.304 e. The van der Waals surface area contributed by atoms with Crippen molar-refractivity contribution >= 4 is 5.97 Å². The summed E-state index contributed by atoms with van der Waals surface area (Å²) in [5, 5.41) is 8.56. The molecule has 1 fully saturated rings. The zero-order valence-electron chi connectivity index (χ0n) is 10.7. The molecule has 0 aromatic heterocycles. The second-order valence-electron chi connectivity index (χ2n) is 5.47. The summed E-state index contributed by atoms with van der Waals surface area (Å²) in [6, 6.07) is 0. The molecule has 0 bridgehead atoms. The largest absolute Gasteiger partial charge is 0.436 e. The number of azo groups is 1. The van der Waals surface area contributed by atoms with Crippen LogP contribution in [0.5, 0.6) is 0 Å². The molecule has 4 nitrogen and oxygen atoms in total. The fourth-order valence-electron chi connectivity index (χ4n) is 1.84. The molecule has 0 aromatic rings. The maximum absolute atomic E-state index is 11.1. The molecule has 1 aliphatic rings. The van der Waals surface area contributed by atoms with Crippen molar-refractivity contribution in [2.75, 3.05) is 0 Å². The Labute approximate surface area is 97.5 Å². The Hall–Kier alpha value is -0.930. The van der Waals surface area contributed by atoms with Gasteiger partial charge in [-0.3, -0.25) is 4.79 Å². The Kier molecular flexibility index (Phi) is 4.05. The first-order chi connectivity index (χ1) is 7.33. The van der Waals surface area contributed by atoms with Crippen LogP contribution in [-0.4, -0.2) is 17.2 Å². The van der Waals surface area contributed by atoms with Crippen molar-refractivity contribution in [3.8, 4) is 0 Å². The van der Waals surface area contributed by atoms with Crippen molar-refractivity contribution < 1.29 is 9.53 Å². The lowest BCUT2D eigenvalue weighted by Crippen LogP contribution is -2.35. The van der Waals surface area contributed by atoms with Gasteiger partial charge in [0.05, 0.1) is 5.54 Å². The molecule has 0 N–H and O–H groups in total. The first kappa shape index (κ1) is 13.1. The molecule has 0 unspecified atom stereocenters. The monoisotopic (exact) mass is 226 g/mol. The number of carbonyl (C=O) groups is 1. The second-order valence-corrected chi connectivity index (χ2v) is 5.47. The Morgan fingerprint density at radius 3 is 2.19 bits per heavy atom. The highest BCUT2D eigenvalue weighted by Gasteiger charge is 2.35. The van der Waals surface area contributed by atoms with Gasteiger partial charge in [-0.05, 0) is 33.6 Å². The SMILES string of the molecule is CC(=O)OC1(N=NC(C)(C)C)CCCCC1. The summed E-state index contributed by atoms with van der Waals surface area (Å²) in [6.07, 6.45) is 4.89. The summed E-state index contributed by atoms with van der Waals surface area (Å²) < 4.78 is 5.37. The molecule has 0 saturated heterocycles. The van der Waals surface area contributed by atoms with Crippen LogP contribution in [0.25, 0.3) is 0 Å². The van der Waals surface area contributed by atoms with E-state index in [2.05, 4.69) is 10.2 Å². The second kappa shape index (κ2) is 4.93. The van der Waals surface area contributed by atoms with Gasteiger partial charge in [0.25, 0.3) is 0 Å². The minimum atomic E-state index is -0.683. The predicted octanol–water partition coefficient (Wildman–Crippen LogP) is 3.46. The highest BCUT2D eigenvalue weighted by atomic mass is 16.6. The van der Waals surface area contributed by atoms with Gasteiger partial charge in [-0.1, -0.05) is 6.42 Å². The molecule has 4 heteroatoms. The lowest BCUT2D eigenvalue weighted by atomic mass is 9.92. The molecule has 0 radical (unpaired) electrons. The quantitative estimate of drug-likeness (QED) is 0.534. The summed E-state index contributed by atoms with van der Waals surface area (Å²) >= 11 is 0. The third-order valence-corrected chi connectivity index (χ3v) is 2.50. The van der Waals surface area contributed by atoms with Gasteiger partial charge < -0.3 is 4.74 Å². The Bertz CT molecular complexity index is 273. The number of rotatable bonds is 2. The zero-order chi connectivity index (χ0) is 12.2. The number of carbonyl (C=O) groups excluding carboxylic acids is 1. The zero-order valence-corrected chi connectivity index (χ0v) is 10.7. The van der Waals surface area contributed by atoms with Crippen LogP contribution in [0.15, 0.2) is 10.2 Å². The molecule has 16 heavy (non-hydrogen) atoms. The van der Waals surface area contributed by atoms with Crippen LogP contribution in [0.3, 0.4) is 0 Å². The van der Waals surface area contributed by atoms with E-state index in [-0.39, 0.29) is 11.5 Å². The molecule has 0 spiro atoms. The summed E-state index contributed by atoms with van der Waals surface area (Å²) in [6.45, 7) is 7.39. The molecule has 1 rings (SSSR count). The Balaban J connectivity index is 2.77. The lowest BCUT2D eigenvalue weighted by Gasteiger charge is -2.32. The molecule has 0 aliphatic heterocycles. The van der Waals surface area contributed by atoms with Gasteiger partial charge in [0.1, 0.15) is 0 Å². The molecule has 92 valence electrons. The van der Waals surface area contributed by atoms with E-state index in [0.717, 1.165) is 25.7 Å². The molecule has 0 amide bonds. The standard InChI is InChI=1S/C12H22N2O2/c1-10(15)16-12(8-6-5-7-9-12)14-13-11(2,3)4/h5-9H2,1-4H3. The third-order valence-electron chi connectivity index (χ3n) is 2.50. The number of esters is 1. The van der Waals surface area contributed by atoms with E-state index in [1.54, 1.807) is 0 Å². The topological polar surface area (TPSA) is 51.0 Å². The molecular weight excluding hydrogens is 204 g/mol. The number of ether oxygens (including phenoxy) is 1. The Morgan fingerprint density at radius 1 is 1.19 bits per heavy atom. The molecule has 0 aromatic carbocycles. The third kappa shape index (κ3) is 4.29. The van der Waals surface area contributed by atoms with Crippen LogP contribution >= 0.6 is 0 Å². The van der Waals surface area contributed by atoms with E-state index in [0.29, 0.717) is 0 Å². The lowest BCUT2D eigenvalue weighted by molar-refractivity contribution is -0.160. The summed E-state index contributed by atoms with van der Waals surface area (Å²) in [4.78, 5) is 11.1. The van der Waals surface area contributed by atoms with Crippen molar-refractivity contribution in [1.82, 2.24) is 0 Å². The average molecular weight is 226 g/mol. The normalized spacial score (nSPS) is 21.0. The van der Waals surface area contributed by atoms with Crippen LogP contribution in [0.4, 0.5) is 0 Å². The van der Waals surface area contributed by atoms with E-state index < -0.39 is 5.72 Å². The number of hydrogen-bond donors (Lipinski definition) is 0. The van der Waals surface area contributed by atoms with Gasteiger partial charge in [0.15, 0.2) is 0 Å². The minimum Gasteiger partial charge on any atom is -0.436 e. The van der Waals surface area contributed by atoms with E-state index >= 15 is 0 Å². The van der Waals surface area contributed by atoms with Crippen LogP contribution in [-0.2, 0) is 9.53 Å². The van der Waals surface area contributed by atoms with Crippen molar-refractivity contribution in [2.45, 2.75) is 71.1 Å². The maximum atomic E-state index is 11.1. The van der Waals surface area contributed by atoms with Gasteiger partial charge in [0, 0.05) is 19.8 Å². The maximum Gasteiger partial charge on any atom is 0.304 e. The molecule has 1 saturated carbocycles. The fraction of sp³-hybridized carbons (Fsp3) is 0.917. The van der Waals surface area contributed by atoms with Crippen LogP contribution < -0.4 is 0 Å². The number of nitrogens with zero attached hydrogens (tertiary/aromatic N) is 2. The van der Waals surface area contributed by atoms with E-state index in [9.17, 15) is 4.79 Å².